The Morgan fingerprint density at radius 1 is 0.587 bits per heavy atom. The van der Waals surface area contributed by atoms with E-state index in [9.17, 15) is 17.8 Å². The molecule has 0 amide bonds. The van der Waals surface area contributed by atoms with E-state index in [2.05, 4.69) is 38.9 Å². The third kappa shape index (κ3) is 32.0. The quantitative estimate of drug-likeness (QED) is 0.0291. The van der Waals surface area contributed by atoms with Crippen LogP contribution in [0.1, 0.15) is 195 Å². The summed E-state index contributed by atoms with van der Waals surface area (Å²) in [4.78, 5) is 13.6. The molecule has 0 rings (SSSR count). The lowest BCUT2D eigenvalue weighted by molar-refractivity contribution is -0.925. The molecule has 0 spiro atoms. The Hall–Kier alpha value is -0.540. The van der Waals surface area contributed by atoms with Crippen LogP contribution in [-0.4, -0.2) is 69.7 Å². The van der Waals surface area contributed by atoms with Gasteiger partial charge >= 0.3 is 0 Å². The van der Waals surface area contributed by atoms with Crippen molar-refractivity contribution in [3.8, 4) is 0 Å². The highest BCUT2D eigenvalue weighted by Crippen LogP contribution is 2.20. The fraction of sp³-hybridized carbons (Fsp3) is 0.974. The van der Waals surface area contributed by atoms with E-state index in [0.717, 1.165) is 50.6 Å². The van der Waals surface area contributed by atoms with Crippen molar-refractivity contribution in [2.75, 3.05) is 40.5 Å². The topological polar surface area (TPSA) is 92.7 Å². The maximum absolute atomic E-state index is 13.6. The first-order valence-corrected chi connectivity index (χ1v) is 20.9. The second-order valence-corrected chi connectivity index (χ2v) is 14.9. The predicted octanol–water partition coefficient (Wildman–Crippen LogP) is 10.7. The van der Waals surface area contributed by atoms with Gasteiger partial charge < -0.3 is 13.8 Å². The molecule has 0 aromatic carbocycles. The van der Waals surface area contributed by atoms with Crippen molar-refractivity contribution >= 4 is 16.2 Å². The Morgan fingerprint density at radius 2 is 0.913 bits per heavy atom. The maximum atomic E-state index is 13.6. The zero-order valence-electron chi connectivity index (χ0n) is 31.6. The van der Waals surface area contributed by atoms with Crippen LogP contribution in [0.5, 0.6) is 0 Å². The summed E-state index contributed by atoms with van der Waals surface area (Å²) < 4.78 is 38.2. The normalized spacial score (nSPS) is 12.6. The first-order valence-electron chi connectivity index (χ1n) is 19.6. The number of hydrogen-bond donors (Lipinski definition) is 0. The lowest BCUT2D eigenvalue weighted by Crippen LogP contribution is -2.58. The Morgan fingerprint density at radius 3 is 1.26 bits per heavy atom. The highest BCUT2D eigenvalue weighted by Gasteiger charge is 2.37. The minimum absolute atomic E-state index is 0.0180. The van der Waals surface area contributed by atoms with Gasteiger partial charge in [-0.25, -0.2) is 8.42 Å². The van der Waals surface area contributed by atoms with Crippen molar-refractivity contribution in [1.29, 1.82) is 0 Å². The van der Waals surface area contributed by atoms with Crippen molar-refractivity contribution in [3.05, 3.63) is 0 Å². The van der Waals surface area contributed by atoms with Crippen LogP contribution in [-0.2, 0) is 24.1 Å². The maximum Gasteiger partial charge on any atom is 0.217 e. The second kappa shape index (κ2) is 34.3. The zero-order chi connectivity index (χ0) is 34.8. The highest BCUT2D eigenvalue weighted by molar-refractivity contribution is 7.80. The van der Waals surface area contributed by atoms with Crippen molar-refractivity contribution in [2.45, 2.75) is 201 Å². The fourth-order valence-electron chi connectivity index (χ4n) is 6.10. The molecule has 0 N–H and O–H groups in total. The average Bonchev–Trinajstić information content (AvgIpc) is 3.03. The first kappa shape index (κ1) is 47.6. The van der Waals surface area contributed by atoms with E-state index in [1.165, 1.54) is 148 Å². The molecule has 0 aromatic heterocycles. The van der Waals surface area contributed by atoms with Crippen LogP contribution in [0.25, 0.3) is 0 Å². The molecule has 7 nitrogen and oxygen atoms in total. The summed E-state index contributed by atoms with van der Waals surface area (Å²) in [7, 11) is -1.26. The van der Waals surface area contributed by atoms with Gasteiger partial charge in [0.25, 0.3) is 0 Å². The molecule has 0 aromatic rings. The number of ether oxygens (including phenoxy) is 1. The van der Waals surface area contributed by atoms with Crippen molar-refractivity contribution in [3.63, 3.8) is 0 Å². The molecular weight excluding hydrogens is 598 g/mol. The van der Waals surface area contributed by atoms with Crippen molar-refractivity contribution in [1.82, 2.24) is 0 Å². The summed E-state index contributed by atoms with van der Waals surface area (Å²) in [6.45, 7) is 12.8. The number of carbonyl (C=O) groups excluding carboxylic acids is 1. The third-order valence-corrected chi connectivity index (χ3v) is 9.73. The van der Waals surface area contributed by atoms with E-state index >= 15 is 0 Å². The zero-order valence-corrected chi connectivity index (χ0v) is 32.4. The molecule has 0 aliphatic carbocycles. The second-order valence-electron chi connectivity index (χ2n) is 13.7. The van der Waals surface area contributed by atoms with Gasteiger partial charge in [0, 0.05) is 13.0 Å². The summed E-state index contributed by atoms with van der Waals surface area (Å²) in [6.07, 6.45) is 33.7. The number of quaternary nitrogens is 1. The van der Waals surface area contributed by atoms with Gasteiger partial charge in [-0.3, -0.25) is 8.98 Å². The monoisotopic (exact) mass is 678 g/mol. The number of ketones is 1. The molecule has 0 bridgehead atoms. The summed E-state index contributed by atoms with van der Waals surface area (Å²) in [5, 5.41) is 0. The van der Waals surface area contributed by atoms with E-state index in [1.54, 1.807) is 0 Å². The smallest absolute Gasteiger partial charge is 0.217 e. The van der Waals surface area contributed by atoms with Crippen LogP contribution in [0.3, 0.4) is 0 Å². The third-order valence-electron chi connectivity index (χ3n) is 9.32. The number of likely N-dealkylation sites (N-methyl/N-ethyl adjacent to an activating group) is 1. The summed E-state index contributed by atoms with van der Waals surface area (Å²) >= 11 is 0. The Labute approximate surface area is 287 Å². The Bertz CT molecular complexity index is 737. The molecule has 0 saturated heterocycles. The van der Waals surface area contributed by atoms with Gasteiger partial charge in [-0.1, -0.05) is 163 Å². The molecular formula is C38H79NO6S. The van der Waals surface area contributed by atoms with E-state index in [4.69, 9.17) is 4.74 Å². The molecule has 0 aliphatic heterocycles. The fourth-order valence-corrected chi connectivity index (χ4v) is 6.10. The molecule has 0 heterocycles. The lowest BCUT2D eigenvalue weighted by atomic mass is 10.00. The van der Waals surface area contributed by atoms with Crippen molar-refractivity contribution < 1.29 is 31.2 Å². The van der Waals surface area contributed by atoms with Gasteiger partial charge in [-0.05, 0) is 25.7 Å². The van der Waals surface area contributed by atoms with Gasteiger partial charge in [0.05, 0.1) is 27.2 Å². The summed E-state index contributed by atoms with van der Waals surface area (Å²) in [5.41, 5.74) is 0. The minimum atomic E-state index is -4.41. The van der Waals surface area contributed by atoms with E-state index in [-0.39, 0.29) is 6.04 Å². The molecule has 46 heavy (non-hydrogen) atoms. The molecule has 1 atom stereocenters. The van der Waals surface area contributed by atoms with Crippen molar-refractivity contribution in [2.24, 2.45) is 0 Å². The standard InChI is InChI=1S/C37H76NO2.CH4O4S/c1-6-10-14-16-18-20-21-22-24-26-28-30-34-40-35-36(38(5,32-12-8-3)33-13-9-4)37(39)31-29-27-25-23-19-17-15-11-7-2;1-5-6(2,3)4/h36H,6-35H2,1-5H3;1H3,(H,2,3,4)/q+1;/p-1. The molecule has 8 heteroatoms. The minimum Gasteiger partial charge on any atom is -0.726 e. The van der Waals surface area contributed by atoms with Gasteiger partial charge in [0.1, 0.15) is 6.61 Å². The number of hydrogen-bond acceptors (Lipinski definition) is 6. The average molecular weight is 678 g/mol. The lowest BCUT2D eigenvalue weighted by Gasteiger charge is -2.41. The first-order chi connectivity index (χ1) is 22.1. The van der Waals surface area contributed by atoms with Gasteiger partial charge in [0.2, 0.25) is 10.4 Å². The Balaban J connectivity index is 0. The molecule has 278 valence electrons. The molecule has 0 saturated carbocycles. The number of rotatable bonds is 34. The van der Waals surface area contributed by atoms with Gasteiger partial charge in [-0.15, -0.1) is 0 Å². The number of unbranched alkanes of at least 4 members (excludes halogenated alkanes) is 21. The van der Waals surface area contributed by atoms with Crippen LogP contribution < -0.4 is 0 Å². The largest absolute Gasteiger partial charge is 0.726 e. The molecule has 1 unspecified atom stereocenters. The predicted molar refractivity (Wildman–Crippen MR) is 195 cm³/mol. The van der Waals surface area contributed by atoms with E-state index in [0.29, 0.717) is 12.4 Å². The summed E-state index contributed by atoms with van der Waals surface area (Å²) in [5.74, 6) is 0.465. The number of Topliss-reactive ketones (excluding diaryl/α,β-unsaturated/α-hetero) is 1. The highest BCUT2D eigenvalue weighted by atomic mass is 32.3. The van der Waals surface area contributed by atoms with Crippen LogP contribution in [0, 0.1) is 0 Å². The molecule has 0 radical (unpaired) electrons. The van der Waals surface area contributed by atoms with E-state index < -0.39 is 10.4 Å². The van der Waals surface area contributed by atoms with Gasteiger partial charge in [-0.2, -0.15) is 0 Å². The molecule has 0 fully saturated rings. The van der Waals surface area contributed by atoms with Crippen LogP contribution in [0.4, 0.5) is 0 Å². The molecule has 0 aliphatic rings. The van der Waals surface area contributed by atoms with E-state index in [1.807, 2.05) is 0 Å². The number of nitrogens with zero attached hydrogens (tertiary/aromatic N) is 1. The Kier molecular flexibility index (Phi) is 35.5. The number of carbonyl (C=O) groups is 1. The van der Waals surface area contributed by atoms with Gasteiger partial charge in [0.15, 0.2) is 11.8 Å². The summed E-state index contributed by atoms with van der Waals surface area (Å²) in [6, 6.07) is 0.0180. The van der Waals surface area contributed by atoms with Crippen LogP contribution in [0.15, 0.2) is 0 Å². The SMILES string of the molecule is CCCCCCCCCCCCCCOCC(C(=O)CCCCCCCCCCC)[N+](C)(CCCC)CCCC.COS(=O)(=O)[O-]. The van der Waals surface area contributed by atoms with Crippen LogP contribution >= 0.6 is 0 Å². The van der Waals surface area contributed by atoms with Crippen LogP contribution in [0.2, 0.25) is 0 Å².